The molecule has 2 rings (SSSR count). The molecule has 0 aliphatic heterocycles. The second-order valence-corrected chi connectivity index (χ2v) is 6.24. The lowest BCUT2D eigenvalue weighted by molar-refractivity contribution is 0.185. The van der Waals surface area contributed by atoms with Gasteiger partial charge in [0.1, 0.15) is 5.82 Å². The van der Waals surface area contributed by atoms with Crippen molar-refractivity contribution in [2.75, 3.05) is 13.7 Å². The molecule has 20 heavy (non-hydrogen) atoms. The van der Waals surface area contributed by atoms with Crippen LogP contribution in [0.15, 0.2) is 23.6 Å². The summed E-state index contributed by atoms with van der Waals surface area (Å²) in [6.45, 7) is 0.365. The van der Waals surface area contributed by atoms with Gasteiger partial charge in [-0.2, -0.15) is 0 Å². The van der Waals surface area contributed by atoms with Crippen LogP contribution < -0.4 is 0 Å². The molecular formula is C10H10ClFN4O3S. The Morgan fingerprint density at radius 1 is 1.40 bits per heavy atom. The van der Waals surface area contributed by atoms with Crippen LogP contribution >= 0.6 is 10.7 Å². The minimum atomic E-state index is -4.07. The number of pyridine rings is 1. The molecule has 0 amide bonds. The molecule has 0 N–H and O–H groups in total. The number of nitrogens with zero attached hydrogens (tertiary/aromatic N) is 4. The van der Waals surface area contributed by atoms with E-state index in [1.807, 2.05) is 0 Å². The molecule has 0 radical (unpaired) electrons. The molecule has 0 saturated carbocycles. The lowest BCUT2D eigenvalue weighted by atomic mass is 10.2. The normalized spacial score (nSPS) is 11.8. The Morgan fingerprint density at radius 2 is 2.15 bits per heavy atom. The van der Waals surface area contributed by atoms with Gasteiger partial charge in [0.15, 0.2) is 5.82 Å². The Bertz CT molecular complexity index is 719. The number of halogens is 2. The maximum absolute atomic E-state index is 13.2. The van der Waals surface area contributed by atoms with Gasteiger partial charge in [-0.1, -0.05) is 0 Å². The van der Waals surface area contributed by atoms with Crippen molar-refractivity contribution in [1.82, 2.24) is 19.7 Å². The highest BCUT2D eigenvalue weighted by Gasteiger charge is 2.23. The fourth-order valence-electron chi connectivity index (χ4n) is 1.60. The molecule has 0 aliphatic rings. The van der Waals surface area contributed by atoms with E-state index in [4.69, 9.17) is 15.4 Å². The highest BCUT2D eigenvalue weighted by molar-refractivity contribution is 8.13. The van der Waals surface area contributed by atoms with E-state index in [1.54, 1.807) is 0 Å². The van der Waals surface area contributed by atoms with Crippen LogP contribution in [0.25, 0.3) is 11.4 Å². The molecular weight excluding hydrogens is 311 g/mol. The first-order chi connectivity index (χ1) is 9.43. The quantitative estimate of drug-likeness (QED) is 0.765. The van der Waals surface area contributed by atoms with Gasteiger partial charge in [0.05, 0.1) is 19.3 Å². The predicted molar refractivity (Wildman–Crippen MR) is 68.1 cm³/mol. The Balaban J connectivity index is 2.56. The highest BCUT2D eigenvalue weighted by atomic mass is 35.7. The van der Waals surface area contributed by atoms with Gasteiger partial charge in [0.25, 0.3) is 14.2 Å². The SMILES string of the molecule is COCCn1c(-c2cncc(F)c2)nnc1S(=O)(=O)Cl. The average molecular weight is 321 g/mol. The zero-order chi connectivity index (χ0) is 14.8. The fourth-order valence-corrected chi connectivity index (χ4v) is 2.52. The molecule has 108 valence electrons. The van der Waals surface area contributed by atoms with Crippen LogP contribution in [0.4, 0.5) is 4.39 Å². The molecule has 0 aliphatic carbocycles. The lowest BCUT2D eigenvalue weighted by Gasteiger charge is -2.08. The fraction of sp³-hybridized carbons (Fsp3) is 0.300. The van der Waals surface area contributed by atoms with Crippen molar-refractivity contribution >= 4 is 19.7 Å². The molecule has 0 bridgehead atoms. The molecule has 2 aromatic rings. The molecule has 2 aromatic heterocycles. The third-order valence-electron chi connectivity index (χ3n) is 2.42. The van der Waals surface area contributed by atoms with Crippen LogP contribution in [0.1, 0.15) is 0 Å². The van der Waals surface area contributed by atoms with E-state index >= 15 is 0 Å². The summed E-state index contributed by atoms with van der Waals surface area (Å²) in [4.78, 5) is 3.68. The summed E-state index contributed by atoms with van der Waals surface area (Å²) in [5, 5.41) is 6.85. The van der Waals surface area contributed by atoms with Crippen LogP contribution in [0.5, 0.6) is 0 Å². The number of methoxy groups -OCH3 is 1. The number of aromatic nitrogens is 4. The Hall–Kier alpha value is -1.58. The summed E-state index contributed by atoms with van der Waals surface area (Å²) in [5.74, 6) is -0.424. The monoisotopic (exact) mass is 320 g/mol. The first kappa shape index (κ1) is 14.8. The molecule has 0 aromatic carbocycles. The van der Waals surface area contributed by atoms with Crippen molar-refractivity contribution in [1.29, 1.82) is 0 Å². The van der Waals surface area contributed by atoms with Gasteiger partial charge in [-0.15, -0.1) is 10.2 Å². The standard InChI is InChI=1S/C10H10ClFN4O3S/c1-19-3-2-16-9(7-4-8(12)6-13-5-7)14-15-10(16)20(11,17)18/h4-6H,2-3H2,1H3. The number of ether oxygens (including phenoxy) is 1. The van der Waals surface area contributed by atoms with Crippen molar-refractivity contribution in [2.45, 2.75) is 11.7 Å². The number of hydrogen-bond donors (Lipinski definition) is 0. The van der Waals surface area contributed by atoms with Crippen LogP contribution in [0.2, 0.25) is 0 Å². The van der Waals surface area contributed by atoms with Gasteiger partial charge >= 0.3 is 0 Å². The highest BCUT2D eigenvalue weighted by Crippen LogP contribution is 2.22. The van der Waals surface area contributed by atoms with Crippen LogP contribution in [-0.2, 0) is 20.3 Å². The minimum Gasteiger partial charge on any atom is -0.383 e. The van der Waals surface area contributed by atoms with Gasteiger partial charge < -0.3 is 4.74 Å². The summed E-state index contributed by atoms with van der Waals surface area (Å²) in [6.07, 6.45) is 2.37. The van der Waals surface area contributed by atoms with Crippen molar-refractivity contribution in [3.63, 3.8) is 0 Å². The summed E-state index contributed by atoms with van der Waals surface area (Å²) in [5.41, 5.74) is 0.292. The molecule has 7 nitrogen and oxygen atoms in total. The van der Waals surface area contributed by atoms with Crippen LogP contribution in [0, 0.1) is 5.82 Å². The number of rotatable bonds is 5. The smallest absolute Gasteiger partial charge is 0.296 e. The van der Waals surface area contributed by atoms with E-state index in [-0.39, 0.29) is 19.0 Å². The Kier molecular flexibility index (Phi) is 4.31. The summed E-state index contributed by atoms with van der Waals surface area (Å²) < 4.78 is 42.2. The number of hydrogen-bond acceptors (Lipinski definition) is 6. The van der Waals surface area contributed by atoms with Crippen LogP contribution in [0.3, 0.4) is 0 Å². The van der Waals surface area contributed by atoms with Crippen molar-refractivity contribution in [2.24, 2.45) is 0 Å². The third kappa shape index (κ3) is 3.11. The summed E-state index contributed by atoms with van der Waals surface area (Å²) in [7, 11) is 2.68. The topological polar surface area (TPSA) is 87.0 Å². The van der Waals surface area contributed by atoms with Gasteiger partial charge in [0, 0.05) is 29.6 Å². The maximum Gasteiger partial charge on any atom is 0.296 e. The lowest BCUT2D eigenvalue weighted by Crippen LogP contribution is -2.11. The van der Waals surface area contributed by atoms with Gasteiger partial charge in [-0.3, -0.25) is 9.55 Å². The van der Waals surface area contributed by atoms with Crippen molar-refractivity contribution in [3.05, 3.63) is 24.3 Å². The zero-order valence-corrected chi connectivity index (χ0v) is 11.9. The molecule has 0 spiro atoms. The molecule has 10 heteroatoms. The predicted octanol–water partition coefficient (Wildman–Crippen LogP) is 1.05. The van der Waals surface area contributed by atoms with E-state index in [0.717, 1.165) is 6.20 Å². The third-order valence-corrected chi connectivity index (χ3v) is 3.57. The molecule has 0 atom stereocenters. The van der Waals surface area contributed by atoms with E-state index in [1.165, 1.54) is 23.9 Å². The second-order valence-electron chi connectivity index (χ2n) is 3.78. The second kappa shape index (κ2) is 5.81. The Labute approximate surface area is 118 Å². The first-order valence-corrected chi connectivity index (χ1v) is 7.72. The maximum atomic E-state index is 13.2. The Morgan fingerprint density at radius 3 is 2.75 bits per heavy atom. The first-order valence-electron chi connectivity index (χ1n) is 5.41. The zero-order valence-electron chi connectivity index (χ0n) is 10.3. The molecule has 0 fully saturated rings. The minimum absolute atomic E-state index is 0.147. The van der Waals surface area contributed by atoms with E-state index < -0.39 is 20.0 Å². The van der Waals surface area contributed by atoms with E-state index in [9.17, 15) is 12.8 Å². The van der Waals surface area contributed by atoms with Gasteiger partial charge in [-0.05, 0) is 6.07 Å². The molecule has 0 saturated heterocycles. The van der Waals surface area contributed by atoms with Crippen molar-refractivity contribution in [3.8, 4) is 11.4 Å². The van der Waals surface area contributed by atoms with Gasteiger partial charge in [0.2, 0.25) is 0 Å². The summed E-state index contributed by atoms with van der Waals surface area (Å²) >= 11 is 0. The molecule has 2 heterocycles. The van der Waals surface area contributed by atoms with Crippen molar-refractivity contribution < 1.29 is 17.5 Å². The van der Waals surface area contributed by atoms with Gasteiger partial charge in [-0.25, -0.2) is 12.8 Å². The average Bonchev–Trinajstić information content (AvgIpc) is 2.79. The molecule has 0 unspecified atom stereocenters. The van der Waals surface area contributed by atoms with Crippen LogP contribution in [-0.4, -0.2) is 41.9 Å². The summed E-state index contributed by atoms with van der Waals surface area (Å²) in [6, 6.07) is 1.17. The van der Waals surface area contributed by atoms with E-state index in [0.29, 0.717) is 5.56 Å². The largest absolute Gasteiger partial charge is 0.383 e. The van der Waals surface area contributed by atoms with E-state index in [2.05, 4.69) is 15.2 Å².